The van der Waals surface area contributed by atoms with E-state index in [2.05, 4.69) is 14.9 Å². The normalized spacial score (nSPS) is 13.9. The van der Waals surface area contributed by atoms with E-state index in [1.165, 1.54) is 24.6 Å². The van der Waals surface area contributed by atoms with E-state index < -0.39 is 11.7 Å². The van der Waals surface area contributed by atoms with E-state index >= 15 is 4.39 Å². The van der Waals surface area contributed by atoms with Gasteiger partial charge in [0.2, 0.25) is 0 Å². The molecule has 42 heavy (non-hydrogen) atoms. The van der Waals surface area contributed by atoms with Gasteiger partial charge in [0.05, 0.1) is 33.8 Å². The predicted octanol–water partition coefficient (Wildman–Crippen LogP) is 6.91. The standard InChI is InChI=1S/C32H30F2N4O3S/c33-21-12-10-20(11-13-21)29-28(42-32(37-29)31(40)35-16-17-39)19-41-23-14-15-24(25(34)18-23)30-36-26-8-4-5-9-27(26)38(30)22-6-2-1-3-7-22/h4-5,8-15,18,22,39H,1-3,6-7,16-17,19H2,(H,35,40). The van der Waals surface area contributed by atoms with Crippen molar-refractivity contribution in [1.82, 2.24) is 19.9 Å². The summed E-state index contributed by atoms with van der Waals surface area (Å²) in [6.07, 6.45) is 5.60. The Morgan fingerprint density at radius 2 is 1.81 bits per heavy atom. The maximum Gasteiger partial charge on any atom is 0.280 e. The molecule has 0 spiro atoms. The Morgan fingerprint density at radius 3 is 2.57 bits per heavy atom. The minimum absolute atomic E-state index is 0.0248. The minimum atomic E-state index is -0.438. The molecule has 0 atom stereocenters. The fourth-order valence-corrected chi connectivity index (χ4v) is 6.40. The molecule has 6 rings (SSSR count). The van der Waals surface area contributed by atoms with E-state index in [1.807, 2.05) is 24.3 Å². The molecular formula is C32H30F2N4O3S. The minimum Gasteiger partial charge on any atom is -0.488 e. The molecule has 2 N–H and O–H groups in total. The SMILES string of the molecule is O=C(NCCO)c1nc(-c2ccc(F)cc2)c(COc2ccc(-c3nc4ccccc4n3C3CCCCC3)c(F)c2)s1. The number of ether oxygens (including phenoxy) is 1. The van der Waals surface area contributed by atoms with Crippen LogP contribution in [0.5, 0.6) is 5.75 Å². The molecule has 7 nitrogen and oxygen atoms in total. The number of fused-ring (bicyclic) bond motifs is 1. The molecule has 0 saturated heterocycles. The molecule has 2 aromatic heterocycles. The Labute approximate surface area is 245 Å². The fraction of sp³-hybridized carbons (Fsp3) is 0.281. The molecule has 1 amide bonds. The number of carbonyl (C=O) groups excluding carboxylic acids is 1. The van der Waals surface area contributed by atoms with Crippen molar-refractivity contribution >= 4 is 28.3 Å². The third-order valence-electron chi connectivity index (χ3n) is 7.49. The van der Waals surface area contributed by atoms with Gasteiger partial charge < -0.3 is 19.7 Å². The summed E-state index contributed by atoms with van der Waals surface area (Å²) in [5, 5.41) is 11.8. The quantitative estimate of drug-likeness (QED) is 0.195. The van der Waals surface area contributed by atoms with Crippen LogP contribution in [0.15, 0.2) is 66.7 Å². The van der Waals surface area contributed by atoms with Crippen molar-refractivity contribution in [3.05, 3.63) is 88.2 Å². The van der Waals surface area contributed by atoms with Crippen molar-refractivity contribution in [3.63, 3.8) is 0 Å². The number of thiazole rings is 1. The number of imidazole rings is 1. The second kappa shape index (κ2) is 12.4. The molecular weight excluding hydrogens is 558 g/mol. The van der Waals surface area contributed by atoms with Crippen molar-refractivity contribution < 1.29 is 23.4 Å². The third kappa shape index (κ3) is 5.77. The van der Waals surface area contributed by atoms with Crippen molar-refractivity contribution in [2.45, 2.75) is 44.8 Å². The zero-order valence-electron chi connectivity index (χ0n) is 22.9. The van der Waals surface area contributed by atoms with Gasteiger partial charge >= 0.3 is 0 Å². The highest BCUT2D eigenvalue weighted by molar-refractivity contribution is 7.14. The summed E-state index contributed by atoms with van der Waals surface area (Å²) in [6, 6.07) is 18.8. The lowest BCUT2D eigenvalue weighted by Crippen LogP contribution is -2.26. The molecule has 0 aliphatic heterocycles. The van der Waals surface area contributed by atoms with Gasteiger partial charge in [0.25, 0.3) is 5.91 Å². The lowest BCUT2D eigenvalue weighted by atomic mass is 9.95. The number of hydrogen-bond donors (Lipinski definition) is 2. The van der Waals surface area contributed by atoms with Crippen LogP contribution in [-0.4, -0.2) is 38.7 Å². The number of hydrogen-bond acceptors (Lipinski definition) is 6. The molecule has 0 bridgehead atoms. The van der Waals surface area contributed by atoms with E-state index in [9.17, 15) is 9.18 Å². The smallest absolute Gasteiger partial charge is 0.280 e. The van der Waals surface area contributed by atoms with Gasteiger partial charge in [-0.2, -0.15) is 0 Å². The summed E-state index contributed by atoms with van der Waals surface area (Å²) in [6.45, 7) is -0.0796. The number of aliphatic hydroxyl groups excluding tert-OH is 1. The first kappa shape index (κ1) is 28.0. The Morgan fingerprint density at radius 1 is 1.02 bits per heavy atom. The van der Waals surface area contributed by atoms with Crippen molar-refractivity contribution in [2.24, 2.45) is 0 Å². The van der Waals surface area contributed by atoms with Crippen molar-refractivity contribution in [3.8, 4) is 28.4 Å². The van der Waals surface area contributed by atoms with Crippen LogP contribution in [0.25, 0.3) is 33.7 Å². The van der Waals surface area contributed by atoms with Gasteiger partial charge in [0.1, 0.15) is 29.8 Å². The summed E-state index contributed by atoms with van der Waals surface area (Å²) in [5.74, 6) is -0.319. The lowest BCUT2D eigenvalue weighted by Gasteiger charge is -2.25. The van der Waals surface area contributed by atoms with Gasteiger partial charge in [-0.15, -0.1) is 11.3 Å². The topological polar surface area (TPSA) is 89.3 Å². The number of aromatic nitrogens is 3. The number of carbonyl (C=O) groups is 1. The van der Waals surface area contributed by atoms with Crippen LogP contribution in [-0.2, 0) is 6.61 Å². The Hall–Kier alpha value is -4.15. The Bertz CT molecular complexity index is 1710. The zero-order chi connectivity index (χ0) is 29.1. The number of rotatable bonds is 9. The van der Waals surface area contributed by atoms with Crippen molar-refractivity contribution in [2.75, 3.05) is 13.2 Å². The first-order valence-corrected chi connectivity index (χ1v) is 14.9. The third-order valence-corrected chi connectivity index (χ3v) is 8.52. The van der Waals surface area contributed by atoms with Gasteiger partial charge in [-0.25, -0.2) is 18.7 Å². The second-order valence-electron chi connectivity index (χ2n) is 10.3. The summed E-state index contributed by atoms with van der Waals surface area (Å²) in [7, 11) is 0. The molecule has 0 radical (unpaired) electrons. The predicted molar refractivity (Wildman–Crippen MR) is 159 cm³/mol. The van der Waals surface area contributed by atoms with Crippen LogP contribution in [0, 0.1) is 11.6 Å². The number of halogens is 2. The van der Waals surface area contributed by atoms with E-state index in [0.717, 1.165) is 48.1 Å². The first-order valence-electron chi connectivity index (χ1n) is 14.1. The van der Waals surface area contributed by atoms with Crippen LogP contribution in [0.2, 0.25) is 0 Å². The molecule has 3 aromatic carbocycles. The number of amides is 1. The number of para-hydroxylation sites is 2. The number of benzene rings is 3. The van der Waals surface area contributed by atoms with Gasteiger partial charge in [-0.3, -0.25) is 4.79 Å². The molecule has 2 heterocycles. The number of aliphatic hydroxyl groups is 1. The summed E-state index contributed by atoms with van der Waals surface area (Å²) < 4.78 is 37.4. The summed E-state index contributed by atoms with van der Waals surface area (Å²) >= 11 is 1.13. The first-order chi connectivity index (χ1) is 20.5. The van der Waals surface area contributed by atoms with Crippen LogP contribution >= 0.6 is 11.3 Å². The van der Waals surface area contributed by atoms with Gasteiger partial charge in [0, 0.05) is 24.2 Å². The highest BCUT2D eigenvalue weighted by atomic mass is 32.1. The zero-order valence-corrected chi connectivity index (χ0v) is 23.7. The highest BCUT2D eigenvalue weighted by Crippen LogP contribution is 2.37. The van der Waals surface area contributed by atoms with Crippen LogP contribution in [0.3, 0.4) is 0 Å². The molecule has 0 unspecified atom stereocenters. The largest absolute Gasteiger partial charge is 0.488 e. The summed E-state index contributed by atoms with van der Waals surface area (Å²) in [4.78, 5) is 22.4. The molecule has 1 aliphatic rings. The van der Waals surface area contributed by atoms with E-state index in [4.69, 9.17) is 14.8 Å². The molecule has 1 saturated carbocycles. The lowest BCUT2D eigenvalue weighted by molar-refractivity contribution is 0.0944. The van der Waals surface area contributed by atoms with E-state index in [1.54, 1.807) is 24.3 Å². The number of nitrogens with zero attached hydrogens (tertiary/aromatic N) is 3. The molecule has 10 heteroatoms. The molecule has 216 valence electrons. The average molecular weight is 589 g/mol. The monoisotopic (exact) mass is 588 g/mol. The maximum atomic E-state index is 15.7. The number of nitrogens with one attached hydrogen (secondary N) is 1. The molecule has 1 aliphatic carbocycles. The summed E-state index contributed by atoms with van der Waals surface area (Å²) in [5.41, 5.74) is 3.37. The van der Waals surface area contributed by atoms with Crippen LogP contribution in [0.4, 0.5) is 8.78 Å². The van der Waals surface area contributed by atoms with Crippen LogP contribution in [0.1, 0.15) is 52.8 Å². The highest BCUT2D eigenvalue weighted by Gasteiger charge is 2.24. The fourth-order valence-electron chi connectivity index (χ4n) is 5.48. The maximum absolute atomic E-state index is 15.7. The second-order valence-corrected chi connectivity index (χ2v) is 11.4. The van der Waals surface area contributed by atoms with E-state index in [0.29, 0.717) is 33.3 Å². The van der Waals surface area contributed by atoms with Crippen molar-refractivity contribution in [1.29, 1.82) is 0 Å². The van der Waals surface area contributed by atoms with Gasteiger partial charge in [0.15, 0.2) is 5.01 Å². The molecule has 1 fully saturated rings. The Balaban J connectivity index is 1.28. The van der Waals surface area contributed by atoms with Gasteiger partial charge in [-0.1, -0.05) is 31.4 Å². The van der Waals surface area contributed by atoms with Gasteiger partial charge in [-0.05, 0) is 61.4 Å². The van der Waals surface area contributed by atoms with Crippen LogP contribution < -0.4 is 10.1 Å². The molecule has 5 aromatic rings. The van der Waals surface area contributed by atoms with E-state index in [-0.39, 0.29) is 36.6 Å². The Kier molecular flexibility index (Phi) is 8.25. The average Bonchev–Trinajstić information content (AvgIpc) is 3.62.